The van der Waals surface area contributed by atoms with Gasteiger partial charge in [0.2, 0.25) is 0 Å². The van der Waals surface area contributed by atoms with E-state index in [9.17, 15) is 0 Å². The summed E-state index contributed by atoms with van der Waals surface area (Å²) in [7, 11) is 0. The summed E-state index contributed by atoms with van der Waals surface area (Å²) in [5.74, 6) is 0. The van der Waals surface area contributed by atoms with Crippen LogP contribution >= 0.6 is 0 Å². The Hall–Kier alpha value is -2.03. The molecular weight excluding hydrogens is 222 g/mol. The van der Waals surface area contributed by atoms with Crippen molar-refractivity contribution >= 4 is 5.69 Å². The number of rotatable bonds is 5. The van der Waals surface area contributed by atoms with Gasteiger partial charge >= 0.3 is 0 Å². The fraction of sp³-hybridized carbons (Fsp3) is 0.267. The van der Waals surface area contributed by atoms with Crippen LogP contribution in [0.25, 0.3) is 0 Å². The van der Waals surface area contributed by atoms with Crippen LogP contribution in [0.2, 0.25) is 0 Å². The third-order valence-corrected chi connectivity index (χ3v) is 2.77. The van der Waals surface area contributed by atoms with Gasteiger partial charge in [0.05, 0.1) is 12.0 Å². The van der Waals surface area contributed by atoms with E-state index in [4.69, 9.17) is 0 Å². The van der Waals surface area contributed by atoms with E-state index in [1.165, 1.54) is 5.56 Å². The van der Waals surface area contributed by atoms with Gasteiger partial charge < -0.3 is 9.88 Å². The van der Waals surface area contributed by atoms with Crippen LogP contribution in [-0.2, 0) is 13.0 Å². The van der Waals surface area contributed by atoms with Crippen molar-refractivity contribution in [2.75, 3.05) is 5.32 Å². The molecule has 18 heavy (non-hydrogen) atoms. The monoisotopic (exact) mass is 241 g/mol. The normalized spacial score (nSPS) is 10.3. The Bertz CT molecular complexity index is 540. The summed E-state index contributed by atoms with van der Waals surface area (Å²) in [6.45, 7) is 8.80. The number of nitrogens with one attached hydrogen (secondary N) is 1. The van der Waals surface area contributed by atoms with Gasteiger partial charge in [-0.05, 0) is 31.9 Å². The van der Waals surface area contributed by atoms with Crippen molar-refractivity contribution in [1.82, 2.24) is 9.55 Å². The highest BCUT2D eigenvalue weighted by atomic mass is 15.0. The zero-order valence-electron chi connectivity index (χ0n) is 11.0. The first-order chi connectivity index (χ1) is 8.65. The molecule has 1 aromatic carbocycles. The lowest BCUT2D eigenvalue weighted by Crippen LogP contribution is -2.03. The summed E-state index contributed by atoms with van der Waals surface area (Å²) >= 11 is 0. The van der Waals surface area contributed by atoms with E-state index in [2.05, 4.69) is 45.8 Å². The molecule has 1 heterocycles. The van der Waals surface area contributed by atoms with Crippen LogP contribution < -0.4 is 5.32 Å². The molecule has 0 atom stereocenters. The maximum Gasteiger partial charge on any atom is 0.0949 e. The summed E-state index contributed by atoms with van der Waals surface area (Å²) < 4.78 is 2.12. The number of para-hydroxylation sites is 1. The number of nitrogens with zero attached hydrogens (tertiary/aromatic N) is 2. The Morgan fingerprint density at radius 2 is 2.17 bits per heavy atom. The van der Waals surface area contributed by atoms with E-state index in [1.54, 1.807) is 0 Å². The van der Waals surface area contributed by atoms with E-state index in [-0.39, 0.29) is 0 Å². The van der Waals surface area contributed by atoms with E-state index < -0.39 is 0 Å². The van der Waals surface area contributed by atoms with Crippen LogP contribution in [0.5, 0.6) is 0 Å². The summed E-state index contributed by atoms with van der Waals surface area (Å²) in [4.78, 5) is 4.23. The van der Waals surface area contributed by atoms with Crippen molar-refractivity contribution in [2.45, 2.75) is 26.8 Å². The molecule has 0 spiro atoms. The molecule has 2 aromatic rings. The maximum absolute atomic E-state index is 4.23. The van der Waals surface area contributed by atoms with Gasteiger partial charge in [0.25, 0.3) is 0 Å². The first kappa shape index (κ1) is 12.4. The number of aryl methyl sites for hydroxylation is 3. The number of hydrogen-bond acceptors (Lipinski definition) is 2. The smallest absolute Gasteiger partial charge is 0.0949 e. The molecule has 0 aliphatic heterocycles. The number of imidazole rings is 1. The standard InChI is InChI=1S/C15H19N3/c1-12(2)17-15-7-5-4-6-14(15)8-9-18-10-13(3)16-11-18/h4-7,10-11,17H,1,8-9H2,2-3H3. The molecule has 3 nitrogen and oxygen atoms in total. The summed E-state index contributed by atoms with van der Waals surface area (Å²) in [5, 5.41) is 3.30. The third kappa shape index (κ3) is 3.23. The van der Waals surface area contributed by atoms with Crippen molar-refractivity contribution in [3.63, 3.8) is 0 Å². The Labute approximate surface area is 108 Å². The van der Waals surface area contributed by atoms with Gasteiger partial charge in [-0.3, -0.25) is 0 Å². The van der Waals surface area contributed by atoms with Gasteiger partial charge in [-0.2, -0.15) is 0 Å². The second-order valence-corrected chi connectivity index (χ2v) is 4.57. The van der Waals surface area contributed by atoms with Gasteiger partial charge in [-0.15, -0.1) is 0 Å². The average molecular weight is 241 g/mol. The highest BCUT2D eigenvalue weighted by Gasteiger charge is 2.02. The average Bonchev–Trinajstić information content (AvgIpc) is 2.73. The molecule has 0 amide bonds. The number of anilines is 1. The molecule has 0 unspecified atom stereocenters. The minimum atomic E-state index is 0.940. The predicted molar refractivity (Wildman–Crippen MR) is 75.5 cm³/mol. The maximum atomic E-state index is 4.23. The van der Waals surface area contributed by atoms with Gasteiger partial charge in [-0.1, -0.05) is 24.8 Å². The van der Waals surface area contributed by atoms with Crippen LogP contribution in [0.1, 0.15) is 18.2 Å². The highest BCUT2D eigenvalue weighted by Crippen LogP contribution is 2.17. The Morgan fingerprint density at radius 1 is 1.39 bits per heavy atom. The quantitative estimate of drug-likeness (QED) is 0.869. The van der Waals surface area contributed by atoms with Crippen LogP contribution in [0.4, 0.5) is 5.69 Å². The first-order valence-electron chi connectivity index (χ1n) is 6.14. The number of aromatic nitrogens is 2. The number of allylic oxidation sites excluding steroid dienone is 1. The lowest BCUT2D eigenvalue weighted by Gasteiger charge is -2.11. The van der Waals surface area contributed by atoms with E-state index >= 15 is 0 Å². The summed E-state index contributed by atoms with van der Waals surface area (Å²) in [6, 6.07) is 8.34. The minimum absolute atomic E-state index is 0.940. The molecule has 1 N–H and O–H groups in total. The molecule has 2 rings (SSSR count). The Morgan fingerprint density at radius 3 is 2.83 bits per heavy atom. The summed E-state index contributed by atoms with van der Waals surface area (Å²) in [6.07, 6.45) is 4.92. The van der Waals surface area contributed by atoms with Crippen molar-refractivity contribution in [3.05, 3.63) is 60.3 Å². The van der Waals surface area contributed by atoms with E-state index in [0.29, 0.717) is 0 Å². The van der Waals surface area contributed by atoms with Crippen molar-refractivity contribution < 1.29 is 0 Å². The van der Waals surface area contributed by atoms with Crippen LogP contribution in [0.15, 0.2) is 49.1 Å². The van der Waals surface area contributed by atoms with Gasteiger partial charge in [0, 0.05) is 24.1 Å². The SMILES string of the molecule is C=C(C)Nc1ccccc1CCn1cnc(C)c1. The fourth-order valence-corrected chi connectivity index (χ4v) is 1.93. The molecule has 0 bridgehead atoms. The molecule has 0 fully saturated rings. The summed E-state index contributed by atoms with van der Waals surface area (Å²) in [5.41, 5.74) is 4.46. The van der Waals surface area contributed by atoms with Crippen molar-refractivity contribution in [2.24, 2.45) is 0 Å². The molecule has 0 radical (unpaired) electrons. The lowest BCUT2D eigenvalue weighted by atomic mass is 10.1. The number of hydrogen-bond donors (Lipinski definition) is 1. The van der Waals surface area contributed by atoms with E-state index in [0.717, 1.165) is 30.0 Å². The molecule has 0 aliphatic rings. The zero-order chi connectivity index (χ0) is 13.0. The minimum Gasteiger partial charge on any atom is -0.359 e. The predicted octanol–water partition coefficient (Wildman–Crippen LogP) is 3.38. The topological polar surface area (TPSA) is 29.9 Å². The van der Waals surface area contributed by atoms with Gasteiger partial charge in [0.1, 0.15) is 0 Å². The largest absolute Gasteiger partial charge is 0.359 e. The van der Waals surface area contributed by atoms with Crippen LogP contribution in [0, 0.1) is 6.92 Å². The van der Waals surface area contributed by atoms with Gasteiger partial charge in [-0.25, -0.2) is 4.98 Å². The highest BCUT2D eigenvalue weighted by molar-refractivity contribution is 5.54. The molecular formula is C15H19N3. The molecule has 1 aromatic heterocycles. The number of benzene rings is 1. The molecule has 3 heteroatoms. The van der Waals surface area contributed by atoms with Crippen LogP contribution in [-0.4, -0.2) is 9.55 Å². The Kier molecular flexibility index (Phi) is 3.82. The van der Waals surface area contributed by atoms with Crippen molar-refractivity contribution in [1.29, 1.82) is 0 Å². The molecule has 0 saturated heterocycles. The third-order valence-electron chi connectivity index (χ3n) is 2.77. The van der Waals surface area contributed by atoms with Gasteiger partial charge in [0.15, 0.2) is 0 Å². The zero-order valence-corrected chi connectivity index (χ0v) is 11.0. The van der Waals surface area contributed by atoms with E-state index in [1.807, 2.05) is 26.2 Å². The van der Waals surface area contributed by atoms with Crippen LogP contribution in [0.3, 0.4) is 0 Å². The molecule has 0 saturated carbocycles. The van der Waals surface area contributed by atoms with Crippen molar-refractivity contribution in [3.8, 4) is 0 Å². The molecule has 94 valence electrons. The first-order valence-corrected chi connectivity index (χ1v) is 6.14. The molecule has 0 aliphatic carbocycles. The Balaban J connectivity index is 2.06. The second-order valence-electron chi connectivity index (χ2n) is 4.57. The fourth-order valence-electron chi connectivity index (χ4n) is 1.93. The second kappa shape index (κ2) is 5.54. The lowest BCUT2D eigenvalue weighted by molar-refractivity contribution is 0.696.